The molecular formula is C13H17IO2. The van der Waals surface area contributed by atoms with E-state index in [1.54, 1.807) is 7.11 Å². The van der Waals surface area contributed by atoms with Crippen molar-refractivity contribution in [3.05, 3.63) is 33.4 Å². The van der Waals surface area contributed by atoms with Gasteiger partial charge in [0.1, 0.15) is 0 Å². The second-order valence-electron chi connectivity index (χ2n) is 4.39. The van der Waals surface area contributed by atoms with Gasteiger partial charge in [0, 0.05) is 22.7 Å². The predicted octanol–water partition coefficient (Wildman–Crippen LogP) is 3.68. The smallest absolute Gasteiger partial charge is 0.162 e. The number of methoxy groups -OCH3 is 1. The zero-order valence-electron chi connectivity index (χ0n) is 9.92. The first kappa shape index (κ1) is 13.6. The van der Waals surface area contributed by atoms with Gasteiger partial charge in [0.15, 0.2) is 5.78 Å². The van der Waals surface area contributed by atoms with Gasteiger partial charge in [-0.25, -0.2) is 0 Å². The van der Waals surface area contributed by atoms with E-state index in [0.29, 0.717) is 6.42 Å². The molecule has 0 bridgehead atoms. The zero-order valence-corrected chi connectivity index (χ0v) is 12.1. The minimum Gasteiger partial charge on any atom is -0.379 e. The van der Waals surface area contributed by atoms with E-state index < -0.39 is 0 Å². The Hall–Kier alpha value is -0.420. The summed E-state index contributed by atoms with van der Waals surface area (Å²) in [6.07, 6.45) is 1.27. The highest BCUT2D eigenvalue weighted by atomic mass is 127. The number of Topliss-reactive ketones (excluding diaryl/α,β-unsaturated/α-hetero) is 1. The molecule has 0 saturated heterocycles. The van der Waals surface area contributed by atoms with Crippen LogP contribution in [0.4, 0.5) is 0 Å². The third kappa shape index (κ3) is 4.22. The highest BCUT2D eigenvalue weighted by Gasteiger charge is 2.18. The topological polar surface area (TPSA) is 26.3 Å². The SMILES string of the molecule is COC(C)(C)CCC(=O)c1ccc(I)cc1. The first-order valence-corrected chi connectivity index (χ1v) is 6.36. The Kier molecular flexibility index (Phi) is 4.92. The first-order chi connectivity index (χ1) is 7.44. The Bertz CT molecular complexity index is 355. The predicted molar refractivity (Wildman–Crippen MR) is 73.8 cm³/mol. The molecule has 0 unspecified atom stereocenters. The van der Waals surface area contributed by atoms with Crippen LogP contribution < -0.4 is 0 Å². The Balaban J connectivity index is 2.56. The standard InChI is InChI=1S/C13H17IO2/c1-13(2,16-3)9-8-12(15)10-4-6-11(14)7-5-10/h4-7H,8-9H2,1-3H3. The summed E-state index contributed by atoms with van der Waals surface area (Å²) in [7, 11) is 1.68. The Morgan fingerprint density at radius 3 is 2.38 bits per heavy atom. The molecule has 1 aromatic rings. The molecule has 16 heavy (non-hydrogen) atoms. The summed E-state index contributed by atoms with van der Waals surface area (Å²) in [5.41, 5.74) is 0.561. The molecule has 0 N–H and O–H groups in total. The van der Waals surface area contributed by atoms with Crippen LogP contribution in [0.5, 0.6) is 0 Å². The lowest BCUT2D eigenvalue weighted by Crippen LogP contribution is -2.23. The number of hydrogen-bond donors (Lipinski definition) is 0. The van der Waals surface area contributed by atoms with Crippen LogP contribution >= 0.6 is 22.6 Å². The van der Waals surface area contributed by atoms with Gasteiger partial charge in [0.2, 0.25) is 0 Å². The molecule has 0 heterocycles. The minimum atomic E-state index is -0.223. The van der Waals surface area contributed by atoms with Crippen molar-refractivity contribution in [3.8, 4) is 0 Å². The zero-order chi connectivity index (χ0) is 12.2. The van der Waals surface area contributed by atoms with Crippen molar-refractivity contribution in [2.75, 3.05) is 7.11 Å². The van der Waals surface area contributed by atoms with Crippen molar-refractivity contribution in [1.29, 1.82) is 0 Å². The molecular weight excluding hydrogens is 315 g/mol. The van der Waals surface area contributed by atoms with E-state index in [1.165, 1.54) is 0 Å². The van der Waals surface area contributed by atoms with Crippen LogP contribution in [0.2, 0.25) is 0 Å². The quantitative estimate of drug-likeness (QED) is 0.607. The number of ether oxygens (including phenoxy) is 1. The molecule has 0 amide bonds. The lowest BCUT2D eigenvalue weighted by atomic mass is 9.98. The van der Waals surface area contributed by atoms with E-state index in [-0.39, 0.29) is 11.4 Å². The largest absolute Gasteiger partial charge is 0.379 e. The van der Waals surface area contributed by atoms with Crippen molar-refractivity contribution < 1.29 is 9.53 Å². The molecule has 0 aliphatic carbocycles. The number of halogens is 1. The van der Waals surface area contributed by atoms with Crippen molar-refractivity contribution in [3.63, 3.8) is 0 Å². The molecule has 1 aromatic carbocycles. The fraction of sp³-hybridized carbons (Fsp3) is 0.462. The van der Waals surface area contributed by atoms with Crippen LogP contribution in [0.3, 0.4) is 0 Å². The number of ketones is 1. The highest BCUT2D eigenvalue weighted by molar-refractivity contribution is 14.1. The van der Waals surface area contributed by atoms with Gasteiger partial charge in [-0.05, 0) is 55.0 Å². The van der Waals surface area contributed by atoms with Crippen molar-refractivity contribution in [2.24, 2.45) is 0 Å². The Labute approximate surface area is 111 Å². The Morgan fingerprint density at radius 2 is 1.88 bits per heavy atom. The van der Waals surface area contributed by atoms with Gasteiger partial charge in [-0.3, -0.25) is 4.79 Å². The molecule has 88 valence electrons. The van der Waals surface area contributed by atoms with Gasteiger partial charge >= 0.3 is 0 Å². The third-order valence-corrected chi connectivity index (χ3v) is 3.39. The van der Waals surface area contributed by atoms with Crippen LogP contribution in [0.1, 0.15) is 37.0 Å². The maximum absolute atomic E-state index is 11.9. The average molecular weight is 332 g/mol. The van der Waals surface area contributed by atoms with E-state index in [1.807, 2.05) is 38.1 Å². The summed E-state index contributed by atoms with van der Waals surface area (Å²) < 4.78 is 6.43. The van der Waals surface area contributed by atoms with Gasteiger partial charge in [0.25, 0.3) is 0 Å². The van der Waals surface area contributed by atoms with Crippen LogP contribution in [0, 0.1) is 3.57 Å². The molecule has 1 rings (SSSR count). The van der Waals surface area contributed by atoms with E-state index in [2.05, 4.69) is 22.6 Å². The fourth-order valence-electron chi connectivity index (χ4n) is 1.30. The van der Waals surface area contributed by atoms with Gasteiger partial charge < -0.3 is 4.74 Å². The number of carbonyl (C=O) groups is 1. The van der Waals surface area contributed by atoms with Crippen molar-refractivity contribution in [1.82, 2.24) is 0 Å². The monoisotopic (exact) mass is 332 g/mol. The summed E-state index contributed by atoms with van der Waals surface area (Å²) in [5.74, 6) is 0.182. The van der Waals surface area contributed by atoms with Crippen LogP contribution in [0.15, 0.2) is 24.3 Å². The van der Waals surface area contributed by atoms with Gasteiger partial charge in [-0.2, -0.15) is 0 Å². The molecule has 0 aliphatic rings. The summed E-state index contributed by atoms with van der Waals surface area (Å²) in [6.45, 7) is 3.99. The molecule has 0 atom stereocenters. The lowest BCUT2D eigenvalue weighted by Gasteiger charge is -2.22. The van der Waals surface area contributed by atoms with Crippen LogP contribution in [-0.2, 0) is 4.74 Å². The van der Waals surface area contributed by atoms with E-state index in [0.717, 1.165) is 15.6 Å². The molecule has 0 spiro atoms. The number of hydrogen-bond acceptors (Lipinski definition) is 2. The summed E-state index contributed by atoms with van der Waals surface area (Å²) in [5, 5.41) is 0. The van der Waals surface area contributed by atoms with Crippen LogP contribution in [0.25, 0.3) is 0 Å². The maximum Gasteiger partial charge on any atom is 0.162 e. The first-order valence-electron chi connectivity index (χ1n) is 5.28. The van der Waals surface area contributed by atoms with Crippen LogP contribution in [-0.4, -0.2) is 18.5 Å². The van der Waals surface area contributed by atoms with Crippen molar-refractivity contribution in [2.45, 2.75) is 32.3 Å². The summed E-state index contributed by atoms with van der Waals surface area (Å²) in [6, 6.07) is 7.67. The number of benzene rings is 1. The molecule has 0 aliphatic heterocycles. The van der Waals surface area contributed by atoms with Gasteiger partial charge in [-0.1, -0.05) is 12.1 Å². The van der Waals surface area contributed by atoms with E-state index >= 15 is 0 Å². The van der Waals surface area contributed by atoms with Gasteiger partial charge in [0.05, 0.1) is 5.60 Å². The maximum atomic E-state index is 11.9. The minimum absolute atomic E-state index is 0.182. The molecule has 2 nitrogen and oxygen atoms in total. The van der Waals surface area contributed by atoms with E-state index in [9.17, 15) is 4.79 Å². The molecule has 0 aromatic heterocycles. The highest BCUT2D eigenvalue weighted by Crippen LogP contribution is 2.18. The second kappa shape index (κ2) is 5.77. The number of carbonyl (C=O) groups excluding carboxylic acids is 1. The summed E-state index contributed by atoms with van der Waals surface area (Å²) >= 11 is 2.23. The lowest BCUT2D eigenvalue weighted by molar-refractivity contribution is 0.0141. The van der Waals surface area contributed by atoms with Gasteiger partial charge in [-0.15, -0.1) is 0 Å². The molecule has 0 fully saturated rings. The normalized spacial score (nSPS) is 11.5. The fourth-order valence-corrected chi connectivity index (χ4v) is 1.66. The van der Waals surface area contributed by atoms with E-state index in [4.69, 9.17) is 4.74 Å². The molecule has 3 heteroatoms. The number of rotatable bonds is 5. The van der Waals surface area contributed by atoms with Crippen molar-refractivity contribution >= 4 is 28.4 Å². The molecule has 0 saturated carbocycles. The average Bonchev–Trinajstić information content (AvgIpc) is 2.27. The molecule has 0 radical (unpaired) electrons. The Morgan fingerprint density at radius 1 is 1.31 bits per heavy atom. The summed E-state index contributed by atoms with van der Waals surface area (Å²) in [4.78, 5) is 11.9. The third-order valence-electron chi connectivity index (χ3n) is 2.67. The second-order valence-corrected chi connectivity index (χ2v) is 5.64.